The lowest BCUT2D eigenvalue weighted by atomic mass is 9.96. The molecule has 5 N–H and O–H groups in total. The highest BCUT2D eigenvalue weighted by Gasteiger charge is 2.21. The third-order valence-electron chi connectivity index (χ3n) is 8.28. The number of carbonyl (C=O) groups excluding carboxylic acids is 1. The monoisotopic (exact) mass is 836 g/mol. The van der Waals surface area contributed by atoms with Crippen molar-refractivity contribution in [2.24, 2.45) is 0 Å². The molecule has 4 heterocycles. The van der Waals surface area contributed by atoms with E-state index in [9.17, 15) is 15.0 Å². The Balaban J connectivity index is 0.000000173. The zero-order valence-corrected chi connectivity index (χ0v) is 33.6. The van der Waals surface area contributed by atoms with Crippen LogP contribution in [0.15, 0.2) is 140 Å². The zero-order chi connectivity index (χ0) is 40.9. The van der Waals surface area contributed by atoms with Crippen molar-refractivity contribution < 1.29 is 15.0 Å². The molecular weight excluding hydrogens is 802 g/mol. The Morgan fingerprint density at radius 3 is 1.82 bits per heavy atom. The average Bonchev–Trinajstić information content (AvgIpc) is 3.21. The first-order valence-corrected chi connectivity index (χ1v) is 18.8. The number of anilines is 2. The maximum atomic E-state index is 11.0. The third kappa shape index (κ3) is 11.8. The molecular formula is C44H36Cl4N6O3. The minimum absolute atomic E-state index is 0.127. The van der Waals surface area contributed by atoms with Gasteiger partial charge in [0.15, 0.2) is 0 Å². The van der Waals surface area contributed by atoms with Crippen LogP contribution in [0.5, 0.6) is 11.5 Å². The largest absolute Gasteiger partial charge is 0.506 e. The molecule has 0 bridgehead atoms. The van der Waals surface area contributed by atoms with Crippen LogP contribution < -0.4 is 11.1 Å². The van der Waals surface area contributed by atoms with Crippen molar-refractivity contribution in [2.45, 2.75) is 19.9 Å². The number of hydrogen-bond acceptors (Lipinski definition) is 9. The first-order valence-electron chi connectivity index (χ1n) is 17.2. The summed E-state index contributed by atoms with van der Waals surface area (Å²) in [6.45, 7) is 3.80. The molecule has 9 nitrogen and oxygen atoms in total. The second-order valence-corrected chi connectivity index (χ2v) is 14.2. The fourth-order valence-corrected chi connectivity index (χ4v) is 6.27. The minimum atomic E-state index is -0.377. The number of aryl methyl sites for hydroxylation is 2. The van der Waals surface area contributed by atoms with E-state index in [1.165, 1.54) is 6.20 Å². The molecule has 0 saturated heterocycles. The summed E-state index contributed by atoms with van der Waals surface area (Å²) in [7, 11) is 0. The first kappa shape index (κ1) is 42.2. The summed E-state index contributed by atoms with van der Waals surface area (Å²) in [5.41, 5.74) is 10.6. The van der Waals surface area contributed by atoms with Gasteiger partial charge < -0.3 is 21.3 Å². The van der Waals surface area contributed by atoms with Crippen molar-refractivity contribution in [2.75, 3.05) is 11.1 Å². The van der Waals surface area contributed by atoms with Crippen LogP contribution in [-0.4, -0.2) is 36.4 Å². The number of nitrogens with one attached hydrogen (secondary N) is 1. The van der Waals surface area contributed by atoms with Crippen LogP contribution in [0.2, 0.25) is 20.1 Å². The number of phenolic OH excluding ortho intramolecular Hbond substituents is 2. The van der Waals surface area contributed by atoms with Crippen molar-refractivity contribution in [1.29, 1.82) is 0 Å². The lowest BCUT2D eigenvalue weighted by Gasteiger charge is -2.23. The van der Waals surface area contributed by atoms with Crippen LogP contribution >= 0.6 is 46.4 Å². The normalized spacial score (nSPS) is 10.8. The number of rotatable bonds is 5. The number of nitrogens with zero attached hydrogens (tertiary/aromatic N) is 4. The van der Waals surface area contributed by atoms with Crippen molar-refractivity contribution in [3.05, 3.63) is 188 Å². The SMILES string of the molecule is Cc1cc(Cl)cnc1N.Cc1cc(Cl)cnc1NC(c1cccc(Cl)c1)c1ccc2cccnc2c1O.O=Cc1cccc(Cl)c1.Oc1cccc2cccnc12. The summed E-state index contributed by atoms with van der Waals surface area (Å²) in [5.74, 6) is 1.58. The molecule has 8 rings (SSSR count). The average molecular weight is 839 g/mol. The molecule has 4 aromatic carbocycles. The Bertz CT molecular complexity index is 2620. The van der Waals surface area contributed by atoms with E-state index < -0.39 is 0 Å². The highest BCUT2D eigenvalue weighted by molar-refractivity contribution is 6.31. The molecule has 0 aliphatic carbocycles. The van der Waals surface area contributed by atoms with Crippen LogP contribution in [-0.2, 0) is 0 Å². The zero-order valence-electron chi connectivity index (χ0n) is 30.6. The lowest BCUT2D eigenvalue weighted by molar-refractivity contribution is 0.112. The van der Waals surface area contributed by atoms with E-state index in [1.807, 2.05) is 86.6 Å². The van der Waals surface area contributed by atoms with Gasteiger partial charge in [-0.2, -0.15) is 0 Å². The van der Waals surface area contributed by atoms with Gasteiger partial charge in [-0.15, -0.1) is 0 Å². The maximum Gasteiger partial charge on any atom is 0.150 e. The number of nitrogens with two attached hydrogens (primary N) is 1. The van der Waals surface area contributed by atoms with E-state index in [-0.39, 0.29) is 17.5 Å². The van der Waals surface area contributed by atoms with Gasteiger partial charge in [0.05, 0.1) is 16.1 Å². The van der Waals surface area contributed by atoms with Gasteiger partial charge in [-0.3, -0.25) is 14.8 Å². The fourth-order valence-electron chi connectivity index (χ4n) is 5.45. The van der Waals surface area contributed by atoms with E-state index in [1.54, 1.807) is 61.1 Å². The maximum absolute atomic E-state index is 11.0. The van der Waals surface area contributed by atoms with Crippen LogP contribution in [0.1, 0.15) is 38.7 Å². The van der Waals surface area contributed by atoms with Crippen LogP contribution in [0.3, 0.4) is 0 Å². The van der Waals surface area contributed by atoms with Gasteiger partial charge in [0.25, 0.3) is 0 Å². The number of nitrogen functional groups attached to an aromatic ring is 1. The lowest BCUT2D eigenvalue weighted by Crippen LogP contribution is -2.14. The smallest absolute Gasteiger partial charge is 0.150 e. The van der Waals surface area contributed by atoms with Gasteiger partial charge >= 0.3 is 0 Å². The van der Waals surface area contributed by atoms with Crippen molar-refractivity contribution in [3.8, 4) is 11.5 Å². The quantitative estimate of drug-likeness (QED) is 0.124. The van der Waals surface area contributed by atoms with Gasteiger partial charge in [-0.1, -0.05) is 107 Å². The molecule has 0 saturated carbocycles. The minimum Gasteiger partial charge on any atom is -0.506 e. The van der Waals surface area contributed by atoms with Crippen LogP contribution in [0.4, 0.5) is 11.6 Å². The molecule has 1 unspecified atom stereocenters. The predicted octanol–water partition coefficient (Wildman–Crippen LogP) is 11.9. The molecule has 0 spiro atoms. The summed E-state index contributed by atoms with van der Waals surface area (Å²) in [4.78, 5) is 26.7. The van der Waals surface area contributed by atoms with E-state index in [2.05, 4.69) is 25.3 Å². The number of fused-ring (bicyclic) bond motifs is 2. The highest BCUT2D eigenvalue weighted by Crippen LogP contribution is 2.37. The fraction of sp³-hybridized carbons (Fsp3) is 0.0682. The standard InChI is InChI=1S/C22H17Cl2N3O.C9H7NO.C7H5ClO.C6H7ClN2/c1-13-10-17(24)12-26-22(13)27-19(15-4-2-6-16(23)11-15)18-8-7-14-5-3-9-25-20(14)21(18)28;11-8-5-1-3-7-4-2-6-10-9(7)8;8-7-3-1-2-6(4-7)5-9;1-4-2-5(7)3-9-6(4)8/h2-12,19,28H,1H3,(H,26,27);1-6,11H;1-5H;2-3H,1H3,(H2,8,9). The summed E-state index contributed by atoms with van der Waals surface area (Å²) < 4.78 is 0. The van der Waals surface area contributed by atoms with Crippen molar-refractivity contribution >= 4 is 86.1 Å². The molecule has 0 aliphatic heterocycles. The van der Waals surface area contributed by atoms with E-state index in [0.717, 1.165) is 33.7 Å². The van der Waals surface area contributed by atoms with Crippen molar-refractivity contribution in [3.63, 3.8) is 0 Å². The van der Waals surface area contributed by atoms with Gasteiger partial charge in [0.1, 0.15) is 40.5 Å². The summed E-state index contributed by atoms with van der Waals surface area (Å²) in [5, 5.41) is 27.9. The van der Waals surface area contributed by atoms with E-state index in [0.29, 0.717) is 53.9 Å². The van der Waals surface area contributed by atoms with Gasteiger partial charge in [0, 0.05) is 56.7 Å². The van der Waals surface area contributed by atoms with Crippen LogP contribution in [0.25, 0.3) is 21.8 Å². The van der Waals surface area contributed by atoms with Gasteiger partial charge in [-0.25, -0.2) is 9.97 Å². The molecule has 0 fully saturated rings. The molecule has 0 radical (unpaired) electrons. The van der Waals surface area contributed by atoms with Gasteiger partial charge in [0.2, 0.25) is 0 Å². The van der Waals surface area contributed by atoms with Crippen LogP contribution in [0, 0.1) is 13.8 Å². The number of halogens is 4. The number of aldehydes is 1. The molecule has 57 heavy (non-hydrogen) atoms. The summed E-state index contributed by atoms with van der Waals surface area (Å²) in [6.07, 6.45) is 7.23. The Kier molecular flexibility index (Phi) is 15.0. The molecule has 13 heteroatoms. The second-order valence-electron chi connectivity index (χ2n) is 12.4. The number of aromatic hydroxyl groups is 2. The number of phenols is 2. The molecule has 0 amide bonds. The summed E-state index contributed by atoms with van der Waals surface area (Å²) in [6, 6.07) is 34.3. The second kappa shape index (κ2) is 20.3. The molecule has 1 atom stereocenters. The van der Waals surface area contributed by atoms with Gasteiger partial charge in [-0.05, 0) is 85.1 Å². The Morgan fingerprint density at radius 1 is 0.632 bits per heavy atom. The number of hydrogen-bond donors (Lipinski definition) is 4. The topological polar surface area (TPSA) is 147 Å². The Morgan fingerprint density at radius 2 is 1.23 bits per heavy atom. The Labute approximate surface area is 349 Å². The molecule has 0 aliphatic rings. The number of pyridine rings is 4. The number of aromatic nitrogens is 4. The summed E-state index contributed by atoms with van der Waals surface area (Å²) >= 11 is 23.4. The van der Waals surface area contributed by atoms with E-state index in [4.69, 9.17) is 52.1 Å². The third-order valence-corrected chi connectivity index (χ3v) is 9.16. The Hall–Kier alpha value is -5.97. The predicted molar refractivity (Wildman–Crippen MR) is 233 cm³/mol. The highest BCUT2D eigenvalue weighted by atomic mass is 35.5. The number of carbonyl (C=O) groups is 1. The van der Waals surface area contributed by atoms with E-state index >= 15 is 0 Å². The number of benzene rings is 4. The molecule has 4 aromatic heterocycles. The van der Waals surface area contributed by atoms with Crippen molar-refractivity contribution in [1.82, 2.24) is 19.9 Å². The number of para-hydroxylation sites is 1. The molecule has 288 valence electrons. The first-order chi connectivity index (χ1) is 27.4. The molecule has 8 aromatic rings.